The van der Waals surface area contributed by atoms with Crippen molar-refractivity contribution in [2.45, 2.75) is 17.3 Å². The van der Waals surface area contributed by atoms with Crippen molar-refractivity contribution in [3.63, 3.8) is 0 Å². The van der Waals surface area contributed by atoms with Crippen molar-refractivity contribution in [2.75, 3.05) is 49.3 Å². The summed E-state index contributed by atoms with van der Waals surface area (Å²) in [5.41, 5.74) is 8.10. The molecule has 1 fully saturated rings. The monoisotopic (exact) mass is 345 g/mol. The smallest absolute Gasteiger partial charge is 0.192 e. The van der Waals surface area contributed by atoms with Crippen LogP contribution in [0.15, 0.2) is 35.5 Å². The number of morpholine rings is 1. The number of rotatable bonds is 5. The van der Waals surface area contributed by atoms with Gasteiger partial charge in [-0.15, -0.1) is 0 Å². The van der Waals surface area contributed by atoms with Gasteiger partial charge in [0.1, 0.15) is 5.69 Å². The van der Waals surface area contributed by atoms with Crippen LogP contribution in [-0.2, 0) is 4.74 Å². The molecule has 1 aromatic heterocycles. The Morgan fingerprint density at radius 3 is 2.58 bits per heavy atom. The molecule has 0 aliphatic carbocycles. The van der Waals surface area contributed by atoms with Crippen molar-refractivity contribution in [3.05, 3.63) is 35.9 Å². The quantitative estimate of drug-likeness (QED) is 0.637. The number of nitrogens with two attached hydrogens (primary N) is 1. The van der Waals surface area contributed by atoms with Gasteiger partial charge in [0.05, 0.1) is 13.2 Å². The largest absolute Gasteiger partial charge is 0.393 e. The predicted molar refractivity (Wildman–Crippen MR) is 99.7 cm³/mol. The van der Waals surface area contributed by atoms with Crippen LogP contribution in [-0.4, -0.2) is 43.3 Å². The summed E-state index contributed by atoms with van der Waals surface area (Å²) in [6, 6.07) is 10.4. The van der Waals surface area contributed by atoms with Gasteiger partial charge in [0.25, 0.3) is 0 Å². The molecule has 2 heterocycles. The van der Waals surface area contributed by atoms with Crippen LogP contribution in [0.1, 0.15) is 17.7 Å². The Bertz CT molecular complexity index is 676. The standard InChI is InChI=1S/C17H23N5OS/c1-12(13-6-4-3-5-7-13)24-17-20-15(19-2)14(18)16(21-17)22-8-10-23-11-9-22/h3-7,12H,8-11,18H2,1-2H3,(H,19,20,21). The molecular formula is C17H23N5OS. The molecule has 0 radical (unpaired) electrons. The fourth-order valence-electron chi connectivity index (χ4n) is 2.65. The van der Waals surface area contributed by atoms with Crippen molar-refractivity contribution in [1.29, 1.82) is 0 Å². The summed E-state index contributed by atoms with van der Waals surface area (Å²) in [5, 5.41) is 4.07. The SMILES string of the molecule is CNc1nc(SC(C)c2ccccc2)nc(N2CCOCC2)c1N. The molecule has 3 N–H and O–H groups in total. The second-order valence-electron chi connectivity index (χ2n) is 5.61. The third-order valence-corrected chi connectivity index (χ3v) is 5.02. The number of ether oxygens (including phenoxy) is 1. The number of aromatic nitrogens is 2. The van der Waals surface area contributed by atoms with Crippen LogP contribution >= 0.6 is 11.8 Å². The molecule has 6 nitrogen and oxygen atoms in total. The lowest BCUT2D eigenvalue weighted by Crippen LogP contribution is -2.37. The maximum Gasteiger partial charge on any atom is 0.192 e. The summed E-state index contributed by atoms with van der Waals surface area (Å²) >= 11 is 1.64. The van der Waals surface area contributed by atoms with Crippen molar-refractivity contribution in [2.24, 2.45) is 0 Å². The molecule has 0 spiro atoms. The molecule has 1 unspecified atom stereocenters. The Morgan fingerprint density at radius 1 is 1.21 bits per heavy atom. The molecule has 1 aliphatic heterocycles. The Balaban J connectivity index is 1.87. The lowest BCUT2D eigenvalue weighted by Gasteiger charge is -2.29. The van der Waals surface area contributed by atoms with Crippen molar-refractivity contribution in [1.82, 2.24) is 9.97 Å². The van der Waals surface area contributed by atoms with Crippen molar-refractivity contribution >= 4 is 29.1 Å². The van der Waals surface area contributed by atoms with Gasteiger partial charge in [-0.05, 0) is 12.5 Å². The average Bonchev–Trinajstić information content (AvgIpc) is 2.64. The molecule has 1 aliphatic rings. The molecule has 0 bridgehead atoms. The first-order chi connectivity index (χ1) is 11.7. The number of benzene rings is 1. The van der Waals surface area contributed by atoms with Crippen LogP contribution in [0, 0.1) is 0 Å². The lowest BCUT2D eigenvalue weighted by molar-refractivity contribution is 0.122. The van der Waals surface area contributed by atoms with E-state index in [-0.39, 0.29) is 5.25 Å². The number of hydrogen-bond donors (Lipinski definition) is 2. The van der Waals surface area contributed by atoms with E-state index in [4.69, 9.17) is 15.5 Å². The fourth-order valence-corrected chi connectivity index (χ4v) is 3.54. The maximum atomic E-state index is 6.26. The predicted octanol–water partition coefficient (Wildman–Crippen LogP) is 2.79. The number of nitrogens with zero attached hydrogens (tertiary/aromatic N) is 3. The van der Waals surface area contributed by atoms with Crippen LogP contribution in [0.2, 0.25) is 0 Å². The molecule has 2 aromatic rings. The molecular weight excluding hydrogens is 322 g/mol. The maximum absolute atomic E-state index is 6.26. The van der Waals surface area contributed by atoms with Crippen LogP contribution in [0.3, 0.4) is 0 Å². The lowest BCUT2D eigenvalue weighted by atomic mass is 10.2. The minimum atomic E-state index is 0.261. The number of anilines is 3. The van der Waals surface area contributed by atoms with Crippen LogP contribution in [0.25, 0.3) is 0 Å². The van der Waals surface area contributed by atoms with Gasteiger partial charge in [-0.1, -0.05) is 42.1 Å². The highest BCUT2D eigenvalue weighted by atomic mass is 32.2. The zero-order valence-electron chi connectivity index (χ0n) is 14.0. The van der Waals surface area contributed by atoms with Gasteiger partial charge in [0, 0.05) is 25.4 Å². The zero-order chi connectivity index (χ0) is 16.9. The zero-order valence-corrected chi connectivity index (χ0v) is 14.8. The summed E-state index contributed by atoms with van der Waals surface area (Å²) in [4.78, 5) is 11.5. The third-order valence-electron chi connectivity index (χ3n) is 4.00. The van der Waals surface area contributed by atoms with Crippen LogP contribution in [0.4, 0.5) is 17.3 Å². The molecule has 3 rings (SSSR count). The van der Waals surface area contributed by atoms with Crippen molar-refractivity contribution < 1.29 is 4.74 Å². The first kappa shape index (κ1) is 16.9. The number of nitrogens with one attached hydrogen (secondary N) is 1. The minimum absolute atomic E-state index is 0.261. The number of hydrogen-bond acceptors (Lipinski definition) is 7. The molecule has 0 saturated carbocycles. The van der Waals surface area contributed by atoms with Gasteiger partial charge in [0.2, 0.25) is 0 Å². The average molecular weight is 345 g/mol. The number of nitrogen functional groups attached to an aromatic ring is 1. The fraction of sp³-hybridized carbons (Fsp3) is 0.412. The molecule has 128 valence electrons. The molecule has 0 amide bonds. The van der Waals surface area contributed by atoms with E-state index < -0.39 is 0 Å². The second-order valence-corrected chi connectivity index (χ2v) is 6.92. The van der Waals surface area contributed by atoms with Crippen LogP contribution < -0.4 is 16.0 Å². The first-order valence-electron chi connectivity index (χ1n) is 8.08. The Labute approximate surface area is 146 Å². The van der Waals surface area contributed by atoms with E-state index in [1.54, 1.807) is 11.8 Å². The van der Waals surface area contributed by atoms with Gasteiger partial charge in [-0.3, -0.25) is 0 Å². The molecule has 1 saturated heterocycles. The normalized spacial score (nSPS) is 16.0. The first-order valence-corrected chi connectivity index (χ1v) is 8.96. The molecule has 1 aromatic carbocycles. The molecule has 1 atom stereocenters. The Hall–Kier alpha value is -1.99. The summed E-state index contributed by atoms with van der Waals surface area (Å²) in [5.74, 6) is 1.47. The highest BCUT2D eigenvalue weighted by Crippen LogP contribution is 2.36. The van der Waals surface area contributed by atoms with Crippen LogP contribution in [0.5, 0.6) is 0 Å². The van der Waals surface area contributed by atoms with E-state index in [0.29, 0.717) is 24.7 Å². The number of thioether (sulfide) groups is 1. The Kier molecular flexibility index (Phi) is 5.42. The van der Waals surface area contributed by atoms with Crippen molar-refractivity contribution in [3.8, 4) is 0 Å². The van der Waals surface area contributed by atoms with Gasteiger partial charge < -0.3 is 20.7 Å². The summed E-state index contributed by atoms with van der Waals surface area (Å²) < 4.78 is 5.42. The van der Waals surface area contributed by atoms with E-state index >= 15 is 0 Å². The third kappa shape index (κ3) is 3.73. The van der Waals surface area contributed by atoms with Gasteiger partial charge in [-0.2, -0.15) is 0 Å². The summed E-state index contributed by atoms with van der Waals surface area (Å²) in [6.45, 7) is 5.14. The topological polar surface area (TPSA) is 76.3 Å². The van der Waals surface area contributed by atoms with E-state index in [1.165, 1.54) is 5.56 Å². The minimum Gasteiger partial charge on any atom is -0.393 e. The van der Waals surface area contributed by atoms with E-state index in [1.807, 2.05) is 13.1 Å². The molecule has 24 heavy (non-hydrogen) atoms. The Morgan fingerprint density at radius 2 is 1.92 bits per heavy atom. The van der Waals surface area contributed by atoms with E-state index in [0.717, 1.165) is 24.1 Å². The van der Waals surface area contributed by atoms with E-state index in [2.05, 4.69) is 46.4 Å². The van der Waals surface area contributed by atoms with Gasteiger partial charge in [-0.25, -0.2) is 9.97 Å². The highest BCUT2D eigenvalue weighted by molar-refractivity contribution is 7.99. The molecule has 7 heteroatoms. The van der Waals surface area contributed by atoms with Gasteiger partial charge in [0.15, 0.2) is 16.8 Å². The highest BCUT2D eigenvalue weighted by Gasteiger charge is 2.20. The second kappa shape index (κ2) is 7.72. The summed E-state index contributed by atoms with van der Waals surface area (Å²) in [6.07, 6.45) is 0. The summed E-state index contributed by atoms with van der Waals surface area (Å²) in [7, 11) is 1.83. The van der Waals surface area contributed by atoms with E-state index in [9.17, 15) is 0 Å². The van der Waals surface area contributed by atoms with Gasteiger partial charge >= 0.3 is 0 Å².